The number of benzene rings is 1. The van der Waals surface area contributed by atoms with Crippen molar-refractivity contribution in [1.82, 2.24) is 15.2 Å². The fourth-order valence-corrected chi connectivity index (χ4v) is 1.69. The highest BCUT2D eigenvalue weighted by Crippen LogP contribution is 2.29. The summed E-state index contributed by atoms with van der Waals surface area (Å²) < 4.78 is 5.37. The van der Waals surface area contributed by atoms with Crippen molar-refractivity contribution in [2.24, 2.45) is 0 Å². The predicted octanol–water partition coefficient (Wildman–Crippen LogP) is 2.63. The summed E-state index contributed by atoms with van der Waals surface area (Å²) in [6, 6.07) is 5.42. The van der Waals surface area contributed by atoms with Gasteiger partial charge in [0.05, 0.1) is 17.8 Å². The smallest absolute Gasteiger partial charge is 0.183 e. The van der Waals surface area contributed by atoms with E-state index in [4.69, 9.17) is 16.3 Å². The number of rotatable bonds is 4. The minimum atomic E-state index is 0.520. The van der Waals surface area contributed by atoms with E-state index in [1.165, 1.54) is 0 Å². The summed E-state index contributed by atoms with van der Waals surface area (Å²) in [5.74, 6) is 1.83. The Bertz CT molecular complexity index is 547. The number of nitrogens with one attached hydrogen (secondary N) is 1. The first-order chi connectivity index (χ1) is 8.74. The second kappa shape index (κ2) is 5.64. The van der Waals surface area contributed by atoms with Gasteiger partial charge in [0, 0.05) is 12.6 Å². The molecular formula is C12H13ClN4O. The van der Waals surface area contributed by atoms with Gasteiger partial charge in [-0.15, -0.1) is 5.10 Å². The van der Waals surface area contributed by atoms with Crippen LogP contribution in [0, 0.1) is 0 Å². The molecule has 1 heterocycles. The van der Waals surface area contributed by atoms with Crippen LogP contribution in [0.15, 0.2) is 24.4 Å². The van der Waals surface area contributed by atoms with Crippen molar-refractivity contribution in [1.29, 1.82) is 0 Å². The average molecular weight is 265 g/mol. The van der Waals surface area contributed by atoms with Gasteiger partial charge in [0.25, 0.3) is 0 Å². The number of halogens is 1. The number of hydrogen-bond donors (Lipinski definition) is 1. The molecule has 2 aromatic rings. The van der Waals surface area contributed by atoms with Gasteiger partial charge in [-0.25, -0.2) is 4.98 Å². The van der Waals surface area contributed by atoms with Gasteiger partial charge in [0.15, 0.2) is 5.82 Å². The monoisotopic (exact) mass is 264 g/mol. The third kappa shape index (κ3) is 2.68. The van der Waals surface area contributed by atoms with Gasteiger partial charge in [-0.3, -0.25) is 0 Å². The first-order valence-electron chi connectivity index (χ1n) is 5.54. The van der Waals surface area contributed by atoms with Crippen molar-refractivity contribution in [3.05, 3.63) is 29.4 Å². The molecule has 5 nitrogen and oxygen atoms in total. The van der Waals surface area contributed by atoms with E-state index in [0.717, 1.165) is 5.56 Å². The normalized spacial score (nSPS) is 10.2. The molecule has 0 radical (unpaired) electrons. The summed E-state index contributed by atoms with van der Waals surface area (Å²) in [6.07, 6.45) is 1.56. The molecule has 0 aliphatic carbocycles. The van der Waals surface area contributed by atoms with Crippen LogP contribution in [0.4, 0.5) is 5.82 Å². The summed E-state index contributed by atoms with van der Waals surface area (Å²) in [5, 5.41) is 11.3. The fourth-order valence-electron chi connectivity index (χ4n) is 1.46. The van der Waals surface area contributed by atoms with Crippen molar-refractivity contribution >= 4 is 17.4 Å². The maximum absolute atomic E-state index is 6.12. The number of anilines is 1. The van der Waals surface area contributed by atoms with Crippen molar-refractivity contribution in [3.63, 3.8) is 0 Å². The molecule has 0 unspecified atom stereocenters. The molecule has 0 amide bonds. The van der Waals surface area contributed by atoms with Crippen LogP contribution >= 0.6 is 11.6 Å². The van der Waals surface area contributed by atoms with Gasteiger partial charge in [0.2, 0.25) is 0 Å². The van der Waals surface area contributed by atoms with Crippen LogP contribution in [0.3, 0.4) is 0 Å². The lowest BCUT2D eigenvalue weighted by Crippen LogP contribution is -1.98. The van der Waals surface area contributed by atoms with E-state index in [9.17, 15) is 0 Å². The fraction of sp³-hybridized carbons (Fsp3) is 0.250. The highest BCUT2D eigenvalue weighted by atomic mass is 35.5. The maximum atomic E-state index is 6.12. The molecule has 2 rings (SSSR count). The highest BCUT2D eigenvalue weighted by Gasteiger charge is 2.07. The Morgan fingerprint density at radius 2 is 2.22 bits per heavy atom. The molecule has 1 N–H and O–H groups in total. The Hall–Kier alpha value is -1.88. The summed E-state index contributed by atoms with van der Waals surface area (Å²) in [5.41, 5.74) is 0.799. The number of nitrogens with zero attached hydrogens (tertiary/aromatic N) is 3. The maximum Gasteiger partial charge on any atom is 0.183 e. The molecule has 6 heteroatoms. The molecule has 0 atom stereocenters. The number of ether oxygens (including phenoxy) is 1. The van der Waals surface area contributed by atoms with Crippen LogP contribution < -0.4 is 10.1 Å². The Morgan fingerprint density at radius 3 is 2.89 bits per heavy atom. The first-order valence-corrected chi connectivity index (χ1v) is 5.92. The van der Waals surface area contributed by atoms with Gasteiger partial charge >= 0.3 is 0 Å². The van der Waals surface area contributed by atoms with Crippen LogP contribution in [0.2, 0.25) is 5.02 Å². The quantitative estimate of drug-likeness (QED) is 0.920. The van der Waals surface area contributed by atoms with Gasteiger partial charge in [-0.1, -0.05) is 11.6 Å². The van der Waals surface area contributed by atoms with E-state index in [2.05, 4.69) is 20.5 Å². The van der Waals surface area contributed by atoms with Gasteiger partial charge < -0.3 is 10.1 Å². The lowest BCUT2D eigenvalue weighted by molar-refractivity contribution is 0.340. The molecule has 0 bridgehead atoms. The zero-order valence-corrected chi connectivity index (χ0v) is 10.9. The lowest BCUT2D eigenvalue weighted by atomic mass is 10.2. The van der Waals surface area contributed by atoms with E-state index in [-0.39, 0.29) is 0 Å². The molecule has 18 heavy (non-hydrogen) atoms. The number of hydrogen-bond acceptors (Lipinski definition) is 5. The van der Waals surface area contributed by atoms with E-state index < -0.39 is 0 Å². The van der Waals surface area contributed by atoms with Crippen LogP contribution in [0.1, 0.15) is 6.92 Å². The lowest BCUT2D eigenvalue weighted by Gasteiger charge is -2.07. The number of aromatic nitrogens is 3. The third-order valence-electron chi connectivity index (χ3n) is 2.30. The largest absolute Gasteiger partial charge is 0.492 e. The van der Waals surface area contributed by atoms with Crippen LogP contribution in [0.25, 0.3) is 11.4 Å². The van der Waals surface area contributed by atoms with Crippen molar-refractivity contribution < 1.29 is 4.74 Å². The van der Waals surface area contributed by atoms with Crippen LogP contribution in [-0.4, -0.2) is 28.8 Å². The standard InChI is InChI=1S/C12H13ClN4O/c1-3-18-10-5-4-8(6-9(10)13)12-16-11(14-2)7-15-17-12/h4-7H,3H2,1-2H3,(H,14,16,17). The van der Waals surface area contributed by atoms with E-state index >= 15 is 0 Å². The summed E-state index contributed by atoms with van der Waals surface area (Å²) in [6.45, 7) is 2.49. The zero-order valence-electron chi connectivity index (χ0n) is 10.1. The molecule has 0 aliphatic rings. The summed E-state index contributed by atoms with van der Waals surface area (Å²) in [7, 11) is 1.78. The molecule has 94 valence electrons. The van der Waals surface area contributed by atoms with Crippen LogP contribution in [0.5, 0.6) is 5.75 Å². The Labute approximate surface area is 110 Å². The predicted molar refractivity (Wildman–Crippen MR) is 71.0 cm³/mol. The SMILES string of the molecule is CCOc1ccc(-c2nncc(NC)n2)cc1Cl. The summed E-state index contributed by atoms with van der Waals surface area (Å²) in [4.78, 5) is 4.29. The molecule has 1 aromatic heterocycles. The molecule has 0 aliphatic heterocycles. The van der Waals surface area contributed by atoms with E-state index in [1.807, 2.05) is 13.0 Å². The molecular weight excluding hydrogens is 252 g/mol. The Balaban J connectivity index is 2.35. The molecule has 0 saturated heterocycles. The second-order valence-corrected chi connectivity index (χ2v) is 3.90. The summed E-state index contributed by atoms with van der Waals surface area (Å²) >= 11 is 6.12. The molecule has 0 saturated carbocycles. The zero-order chi connectivity index (χ0) is 13.0. The minimum Gasteiger partial charge on any atom is -0.492 e. The minimum absolute atomic E-state index is 0.520. The van der Waals surface area contributed by atoms with Gasteiger partial charge in [-0.05, 0) is 25.1 Å². The Morgan fingerprint density at radius 1 is 1.39 bits per heavy atom. The van der Waals surface area contributed by atoms with Crippen molar-refractivity contribution in [2.45, 2.75) is 6.92 Å². The highest BCUT2D eigenvalue weighted by molar-refractivity contribution is 6.32. The molecule has 0 fully saturated rings. The third-order valence-corrected chi connectivity index (χ3v) is 2.60. The average Bonchev–Trinajstić information content (AvgIpc) is 2.41. The van der Waals surface area contributed by atoms with Crippen molar-refractivity contribution in [2.75, 3.05) is 19.0 Å². The van der Waals surface area contributed by atoms with E-state index in [0.29, 0.717) is 29.0 Å². The Kier molecular flexibility index (Phi) is 3.94. The van der Waals surface area contributed by atoms with Crippen LogP contribution in [-0.2, 0) is 0 Å². The first kappa shape index (κ1) is 12.6. The second-order valence-electron chi connectivity index (χ2n) is 3.49. The van der Waals surface area contributed by atoms with Crippen molar-refractivity contribution in [3.8, 4) is 17.1 Å². The molecule has 0 spiro atoms. The van der Waals surface area contributed by atoms with Gasteiger partial charge in [-0.2, -0.15) is 5.10 Å². The topological polar surface area (TPSA) is 59.9 Å². The van der Waals surface area contributed by atoms with Gasteiger partial charge in [0.1, 0.15) is 11.6 Å². The molecule has 1 aromatic carbocycles. The van der Waals surface area contributed by atoms with E-state index in [1.54, 1.807) is 25.4 Å².